The Hall–Kier alpha value is -4.59. The minimum atomic E-state index is -1.25. The lowest BCUT2D eigenvalue weighted by Gasteiger charge is -2.40. The molecule has 0 bridgehead atoms. The number of hydrogen-bond donors (Lipinski definition) is 1. The predicted molar refractivity (Wildman–Crippen MR) is 157 cm³/mol. The van der Waals surface area contributed by atoms with Gasteiger partial charge in [0.2, 0.25) is 0 Å². The number of urea groups is 1. The number of fused-ring (bicyclic) bond motifs is 5. The summed E-state index contributed by atoms with van der Waals surface area (Å²) in [5, 5.41) is 1.01. The number of benzene rings is 3. The Labute approximate surface area is 238 Å². The third-order valence-electron chi connectivity index (χ3n) is 8.17. The highest BCUT2D eigenvalue weighted by molar-refractivity contribution is 6.24. The Morgan fingerprint density at radius 1 is 1.00 bits per heavy atom. The van der Waals surface area contributed by atoms with Crippen LogP contribution in [0.2, 0.25) is 0 Å². The van der Waals surface area contributed by atoms with Crippen molar-refractivity contribution in [1.29, 1.82) is 0 Å². The zero-order valence-corrected chi connectivity index (χ0v) is 23.7. The molecule has 3 amide bonds. The fourth-order valence-corrected chi connectivity index (χ4v) is 6.12. The average Bonchev–Trinajstić information content (AvgIpc) is 3.46. The van der Waals surface area contributed by atoms with Gasteiger partial charge in [0.05, 0.1) is 24.6 Å². The topological polar surface area (TPSA) is 91.9 Å². The van der Waals surface area contributed by atoms with Gasteiger partial charge in [-0.15, -0.1) is 0 Å². The number of imide groups is 1. The first kappa shape index (κ1) is 26.6. The standard InChI is InChI=1S/C33H33N3O5/c1-5-16-41-27-15-14-22(18-28(27)40-6-2)25-19-35-32(39)36(23-11-9-10-21(17-23)20(3)37)31(38)33(35,4)30-29(25)24-12-7-8-13-26(24)34-30/h7-15,17-18,25,34H,5-6,16,19H2,1-4H3/t25?,33-/m0/s1. The number of carbonyl (C=O) groups is 3. The van der Waals surface area contributed by atoms with E-state index in [1.807, 2.05) is 49.4 Å². The first-order chi connectivity index (χ1) is 19.8. The van der Waals surface area contributed by atoms with Crippen LogP contribution in [0.5, 0.6) is 11.5 Å². The molecule has 6 rings (SSSR count). The van der Waals surface area contributed by atoms with Crippen LogP contribution in [0.4, 0.5) is 10.5 Å². The zero-order valence-electron chi connectivity index (χ0n) is 23.7. The van der Waals surface area contributed by atoms with E-state index in [0.29, 0.717) is 48.2 Å². The summed E-state index contributed by atoms with van der Waals surface area (Å²) in [5.74, 6) is 0.617. The van der Waals surface area contributed by atoms with Gasteiger partial charge in [-0.25, -0.2) is 9.69 Å². The number of aromatic amines is 1. The Morgan fingerprint density at radius 2 is 1.80 bits per heavy atom. The molecule has 1 N–H and O–H groups in total. The molecule has 210 valence electrons. The summed E-state index contributed by atoms with van der Waals surface area (Å²) in [7, 11) is 0. The minimum absolute atomic E-state index is 0.135. The van der Waals surface area contributed by atoms with Crippen molar-refractivity contribution in [3.63, 3.8) is 0 Å². The molecule has 4 aromatic rings. The molecular formula is C33H33N3O5. The van der Waals surface area contributed by atoms with Crippen LogP contribution >= 0.6 is 0 Å². The van der Waals surface area contributed by atoms with Crippen LogP contribution in [0, 0.1) is 0 Å². The highest BCUT2D eigenvalue weighted by atomic mass is 16.5. The van der Waals surface area contributed by atoms with E-state index in [1.54, 1.807) is 36.1 Å². The number of carbonyl (C=O) groups excluding carboxylic acids is 3. The number of rotatable bonds is 8. The van der Waals surface area contributed by atoms with Crippen molar-refractivity contribution in [3.05, 3.63) is 89.1 Å². The van der Waals surface area contributed by atoms with Gasteiger partial charge in [-0.05, 0) is 68.7 Å². The molecule has 0 aliphatic carbocycles. The van der Waals surface area contributed by atoms with Crippen molar-refractivity contribution in [3.8, 4) is 11.5 Å². The number of aromatic nitrogens is 1. The van der Waals surface area contributed by atoms with Crippen LogP contribution in [0.15, 0.2) is 66.7 Å². The molecule has 2 atom stereocenters. The summed E-state index contributed by atoms with van der Waals surface area (Å²) in [6.07, 6.45) is 0.879. The molecule has 8 nitrogen and oxygen atoms in total. The van der Waals surface area contributed by atoms with Crippen molar-refractivity contribution >= 4 is 34.3 Å². The summed E-state index contributed by atoms with van der Waals surface area (Å²) in [6.45, 7) is 8.62. The fraction of sp³-hybridized carbons (Fsp3) is 0.303. The molecule has 1 saturated heterocycles. The monoisotopic (exact) mass is 551 g/mol. The van der Waals surface area contributed by atoms with Gasteiger partial charge in [0.1, 0.15) is 0 Å². The molecule has 1 unspecified atom stereocenters. The second-order valence-electron chi connectivity index (χ2n) is 10.7. The second kappa shape index (κ2) is 10.1. The SMILES string of the molecule is CCCOc1ccc(C2CN3C(=O)N(c4cccc(C(C)=O)c4)C(=O)[C@]3(C)c3[nH]c4ccccc4c32)cc1OCC. The number of ether oxygens (including phenoxy) is 2. The van der Waals surface area contributed by atoms with Gasteiger partial charge in [-0.3, -0.25) is 9.59 Å². The van der Waals surface area contributed by atoms with E-state index in [1.165, 1.54) is 11.8 Å². The largest absolute Gasteiger partial charge is 0.490 e. The maximum atomic E-state index is 14.2. The van der Waals surface area contributed by atoms with E-state index in [0.717, 1.165) is 28.5 Å². The first-order valence-corrected chi connectivity index (χ1v) is 14.1. The number of anilines is 1. The highest BCUT2D eigenvalue weighted by Crippen LogP contribution is 2.51. The number of para-hydroxylation sites is 1. The van der Waals surface area contributed by atoms with Crippen LogP contribution < -0.4 is 14.4 Å². The average molecular weight is 552 g/mol. The van der Waals surface area contributed by atoms with Gasteiger partial charge >= 0.3 is 6.03 Å². The first-order valence-electron chi connectivity index (χ1n) is 14.1. The molecule has 0 saturated carbocycles. The molecule has 1 fully saturated rings. The summed E-state index contributed by atoms with van der Waals surface area (Å²) in [5.41, 5.74) is 3.12. The molecule has 3 heterocycles. The second-order valence-corrected chi connectivity index (χ2v) is 10.7. The Morgan fingerprint density at radius 3 is 2.56 bits per heavy atom. The summed E-state index contributed by atoms with van der Waals surface area (Å²) >= 11 is 0. The predicted octanol–water partition coefficient (Wildman–Crippen LogP) is 6.39. The van der Waals surface area contributed by atoms with Gasteiger partial charge in [-0.1, -0.05) is 43.3 Å². The number of ketones is 1. The quantitative estimate of drug-likeness (QED) is 0.202. The van der Waals surface area contributed by atoms with Crippen molar-refractivity contribution < 1.29 is 23.9 Å². The molecule has 0 radical (unpaired) electrons. The molecule has 2 aliphatic heterocycles. The van der Waals surface area contributed by atoms with E-state index in [4.69, 9.17) is 9.47 Å². The van der Waals surface area contributed by atoms with Gasteiger partial charge in [-0.2, -0.15) is 0 Å². The number of amides is 3. The normalized spacial score (nSPS) is 19.9. The third-order valence-corrected chi connectivity index (χ3v) is 8.17. The number of hydrogen-bond acceptors (Lipinski definition) is 5. The van der Waals surface area contributed by atoms with E-state index < -0.39 is 11.6 Å². The number of nitrogens with one attached hydrogen (secondary N) is 1. The maximum Gasteiger partial charge on any atom is 0.332 e. The summed E-state index contributed by atoms with van der Waals surface area (Å²) in [4.78, 5) is 46.8. The molecule has 3 aromatic carbocycles. The Bertz CT molecular complexity index is 1690. The maximum absolute atomic E-state index is 14.2. The van der Waals surface area contributed by atoms with Gasteiger partial charge < -0.3 is 19.4 Å². The molecule has 41 heavy (non-hydrogen) atoms. The Kier molecular flexibility index (Phi) is 6.56. The lowest BCUT2D eigenvalue weighted by atomic mass is 9.78. The van der Waals surface area contributed by atoms with Crippen LogP contribution in [0.25, 0.3) is 10.9 Å². The van der Waals surface area contributed by atoms with E-state index in [9.17, 15) is 14.4 Å². The molecular weight excluding hydrogens is 518 g/mol. The van der Waals surface area contributed by atoms with Crippen molar-refractivity contribution in [1.82, 2.24) is 9.88 Å². The molecule has 0 spiro atoms. The van der Waals surface area contributed by atoms with Gasteiger partial charge in [0.25, 0.3) is 5.91 Å². The van der Waals surface area contributed by atoms with Crippen molar-refractivity contribution in [2.45, 2.75) is 45.6 Å². The lowest BCUT2D eigenvalue weighted by molar-refractivity contribution is -0.125. The number of H-pyrrole nitrogens is 1. The van der Waals surface area contributed by atoms with Crippen LogP contribution in [-0.2, 0) is 10.3 Å². The lowest BCUT2D eigenvalue weighted by Crippen LogP contribution is -2.50. The molecule has 8 heteroatoms. The smallest absolute Gasteiger partial charge is 0.332 e. The van der Waals surface area contributed by atoms with E-state index in [-0.39, 0.29) is 17.6 Å². The summed E-state index contributed by atoms with van der Waals surface area (Å²) < 4.78 is 11.9. The van der Waals surface area contributed by atoms with Gasteiger partial charge in [0.15, 0.2) is 22.8 Å². The molecule has 2 aliphatic rings. The van der Waals surface area contributed by atoms with Gasteiger partial charge in [0, 0.05) is 28.9 Å². The molecule has 1 aromatic heterocycles. The highest BCUT2D eigenvalue weighted by Gasteiger charge is 2.60. The number of Topliss-reactive ketones (excluding diaryl/α,β-unsaturated/α-hetero) is 1. The minimum Gasteiger partial charge on any atom is -0.490 e. The Balaban J connectivity index is 1.51. The van der Waals surface area contributed by atoms with Crippen LogP contribution in [-0.4, -0.2) is 47.4 Å². The van der Waals surface area contributed by atoms with Crippen LogP contribution in [0.3, 0.4) is 0 Å². The van der Waals surface area contributed by atoms with Crippen molar-refractivity contribution in [2.24, 2.45) is 0 Å². The van der Waals surface area contributed by atoms with Crippen LogP contribution in [0.1, 0.15) is 67.2 Å². The van der Waals surface area contributed by atoms with Crippen molar-refractivity contribution in [2.75, 3.05) is 24.7 Å². The number of nitrogens with zero attached hydrogens (tertiary/aromatic N) is 2. The zero-order chi connectivity index (χ0) is 28.9. The summed E-state index contributed by atoms with van der Waals surface area (Å²) in [6, 6.07) is 20.2. The third kappa shape index (κ3) is 4.08. The van der Waals surface area contributed by atoms with E-state index >= 15 is 0 Å². The fourth-order valence-electron chi connectivity index (χ4n) is 6.12. The van der Waals surface area contributed by atoms with E-state index in [2.05, 4.69) is 11.9 Å².